The zero-order chi connectivity index (χ0) is 16.2. The van der Waals surface area contributed by atoms with Crippen LogP contribution in [0.1, 0.15) is 52.0 Å². The topological polar surface area (TPSA) is 36.3 Å². The zero-order valence-electron chi connectivity index (χ0n) is 14.2. The molecule has 4 rings (SSSR count). The van der Waals surface area contributed by atoms with Crippen molar-refractivity contribution < 1.29 is 9.31 Å². The molecule has 1 saturated heterocycles. The third kappa shape index (κ3) is 2.52. The van der Waals surface area contributed by atoms with Crippen molar-refractivity contribution in [2.75, 3.05) is 0 Å². The van der Waals surface area contributed by atoms with Gasteiger partial charge >= 0.3 is 7.12 Å². The average Bonchev–Trinajstić information content (AvgIpc) is 3.13. The summed E-state index contributed by atoms with van der Waals surface area (Å²) in [4.78, 5) is 0. The number of benzene rings is 1. The molecular formula is C18H23BN2O2. The molecule has 1 aromatic heterocycles. The maximum absolute atomic E-state index is 6.25. The second kappa shape index (κ2) is 4.95. The Bertz CT molecular complexity index is 705. The van der Waals surface area contributed by atoms with Crippen LogP contribution >= 0.6 is 0 Å². The van der Waals surface area contributed by atoms with Gasteiger partial charge in [0, 0.05) is 12.4 Å². The van der Waals surface area contributed by atoms with Crippen molar-refractivity contribution in [3.63, 3.8) is 0 Å². The van der Waals surface area contributed by atoms with Crippen LogP contribution in [0.15, 0.2) is 36.7 Å². The minimum atomic E-state index is -0.306. The SMILES string of the molecule is CC1(C)OB(c2ccc(-n3cccn3)cc2C2CC2)OC1(C)C. The van der Waals surface area contributed by atoms with Gasteiger partial charge in [0.1, 0.15) is 0 Å². The van der Waals surface area contributed by atoms with Gasteiger partial charge in [-0.25, -0.2) is 4.68 Å². The molecule has 1 saturated carbocycles. The molecule has 0 bridgehead atoms. The molecule has 2 aliphatic rings. The summed E-state index contributed by atoms with van der Waals surface area (Å²) in [6, 6.07) is 8.43. The Morgan fingerprint density at radius 3 is 2.39 bits per heavy atom. The van der Waals surface area contributed by atoms with Crippen LogP contribution in [0.2, 0.25) is 0 Å². The van der Waals surface area contributed by atoms with Gasteiger partial charge in [-0.2, -0.15) is 5.10 Å². The number of aromatic nitrogens is 2. The number of hydrogen-bond donors (Lipinski definition) is 0. The van der Waals surface area contributed by atoms with Crippen molar-refractivity contribution in [2.45, 2.75) is 57.7 Å². The third-order valence-electron chi connectivity index (χ3n) is 5.36. The summed E-state index contributed by atoms with van der Waals surface area (Å²) in [6.45, 7) is 8.40. The van der Waals surface area contributed by atoms with Gasteiger partial charge in [0.05, 0.1) is 16.9 Å². The number of hydrogen-bond acceptors (Lipinski definition) is 3. The maximum Gasteiger partial charge on any atom is 0.495 e. The molecule has 2 heterocycles. The van der Waals surface area contributed by atoms with Gasteiger partial charge in [0.2, 0.25) is 0 Å². The summed E-state index contributed by atoms with van der Waals surface area (Å²) in [5, 5.41) is 4.33. The fourth-order valence-corrected chi connectivity index (χ4v) is 3.06. The summed E-state index contributed by atoms with van der Waals surface area (Å²) in [7, 11) is -0.290. The van der Waals surface area contributed by atoms with Crippen LogP contribution in [0, 0.1) is 0 Å². The summed E-state index contributed by atoms with van der Waals surface area (Å²) in [5.41, 5.74) is 2.99. The van der Waals surface area contributed by atoms with Crippen LogP contribution in [0.3, 0.4) is 0 Å². The van der Waals surface area contributed by atoms with E-state index < -0.39 is 0 Å². The molecule has 0 radical (unpaired) electrons. The smallest absolute Gasteiger partial charge is 0.399 e. The molecule has 1 aliphatic carbocycles. The van der Waals surface area contributed by atoms with E-state index >= 15 is 0 Å². The second-order valence-corrected chi connectivity index (χ2v) is 7.63. The highest BCUT2D eigenvalue weighted by atomic mass is 16.7. The zero-order valence-corrected chi connectivity index (χ0v) is 14.2. The van der Waals surface area contributed by atoms with Gasteiger partial charge in [-0.3, -0.25) is 0 Å². The van der Waals surface area contributed by atoms with Gasteiger partial charge < -0.3 is 9.31 Å². The molecule has 4 nitrogen and oxygen atoms in total. The predicted molar refractivity (Wildman–Crippen MR) is 91.3 cm³/mol. The third-order valence-corrected chi connectivity index (χ3v) is 5.36. The second-order valence-electron chi connectivity index (χ2n) is 7.63. The van der Waals surface area contributed by atoms with Crippen LogP contribution in [0.5, 0.6) is 0 Å². The highest BCUT2D eigenvalue weighted by Crippen LogP contribution is 2.42. The molecule has 23 heavy (non-hydrogen) atoms. The fourth-order valence-electron chi connectivity index (χ4n) is 3.06. The van der Waals surface area contributed by atoms with Gasteiger partial charge in [-0.15, -0.1) is 0 Å². The first kappa shape index (κ1) is 15.0. The van der Waals surface area contributed by atoms with Crippen molar-refractivity contribution in [1.29, 1.82) is 0 Å². The monoisotopic (exact) mass is 310 g/mol. The first-order valence-corrected chi connectivity index (χ1v) is 8.37. The molecule has 0 amide bonds. The molecular weight excluding hydrogens is 287 g/mol. The predicted octanol–water partition coefficient (Wildman–Crippen LogP) is 3.05. The van der Waals surface area contributed by atoms with Crippen molar-refractivity contribution >= 4 is 12.6 Å². The first-order chi connectivity index (χ1) is 10.9. The van der Waals surface area contributed by atoms with Gasteiger partial charge in [-0.05, 0) is 75.7 Å². The lowest BCUT2D eigenvalue weighted by Crippen LogP contribution is -2.41. The molecule has 2 aromatic rings. The highest BCUT2D eigenvalue weighted by Gasteiger charge is 2.52. The molecule has 0 unspecified atom stereocenters. The molecule has 1 aliphatic heterocycles. The Kier molecular flexibility index (Phi) is 3.22. The van der Waals surface area contributed by atoms with E-state index in [-0.39, 0.29) is 18.3 Å². The average molecular weight is 310 g/mol. The molecule has 120 valence electrons. The lowest BCUT2D eigenvalue weighted by atomic mass is 9.74. The molecule has 0 N–H and O–H groups in total. The summed E-state index contributed by atoms with van der Waals surface area (Å²) in [6.07, 6.45) is 6.27. The Morgan fingerprint density at radius 1 is 1.13 bits per heavy atom. The van der Waals surface area contributed by atoms with Crippen LogP contribution in [-0.4, -0.2) is 28.1 Å². The van der Waals surface area contributed by atoms with Gasteiger partial charge in [0.15, 0.2) is 0 Å². The van der Waals surface area contributed by atoms with Crippen molar-refractivity contribution in [3.8, 4) is 5.69 Å². The Morgan fingerprint density at radius 2 is 1.83 bits per heavy atom. The van der Waals surface area contributed by atoms with E-state index in [1.54, 1.807) is 6.20 Å². The first-order valence-electron chi connectivity index (χ1n) is 8.37. The highest BCUT2D eigenvalue weighted by molar-refractivity contribution is 6.62. The quantitative estimate of drug-likeness (QED) is 0.818. The standard InChI is InChI=1S/C18H23BN2O2/c1-17(2)18(3,4)23-19(22-17)16-9-8-14(21-11-5-10-20-21)12-15(16)13-6-7-13/h5,8-13H,6-7H2,1-4H3. The molecule has 5 heteroatoms. The van der Waals surface area contributed by atoms with Gasteiger partial charge in [-0.1, -0.05) is 6.07 Å². The molecule has 1 aromatic carbocycles. The van der Waals surface area contributed by atoms with Crippen LogP contribution < -0.4 is 5.46 Å². The minimum absolute atomic E-state index is 0.290. The van der Waals surface area contributed by atoms with E-state index in [4.69, 9.17) is 9.31 Å². The fraction of sp³-hybridized carbons (Fsp3) is 0.500. The van der Waals surface area contributed by atoms with E-state index in [1.165, 1.54) is 23.9 Å². The minimum Gasteiger partial charge on any atom is -0.399 e. The lowest BCUT2D eigenvalue weighted by Gasteiger charge is -2.32. The Hall–Kier alpha value is -1.59. The Balaban J connectivity index is 1.72. The van der Waals surface area contributed by atoms with Crippen LogP contribution in [0.4, 0.5) is 0 Å². The maximum atomic E-state index is 6.25. The molecule has 0 spiro atoms. The van der Waals surface area contributed by atoms with Crippen LogP contribution in [0.25, 0.3) is 5.69 Å². The Labute approximate surface area is 137 Å². The van der Waals surface area contributed by atoms with Crippen molar-refractivity contribution in [3.05, 3.63) is 42.2 Å². The molecule has 2 fully saturated rings. The lowest BCUT2D eigenvalue weighted by molar-refractivity contribution is 0.00578. The number of nitrogens with zero attached hydrogens (tertiary/aromatic N) is 2. The van der Waals surface area contributed by atoms with E-state index in [0.717, 1.165) is 5.69 Å². The summed E-state index contributed by atoms with van der Waals surface area (Å²) < 4.78 is 14.4. The van der Waals surface area contributed by atoms with Gasteiger partial charge in [0.25, 0.3) is 0 Å². The van der Waals surface area contributed by atoms with E-state index in [1.807, 2.05) is 16.9 Å². The normalized spacial score (nSPS) is 22.5. The summed E-state index contributed by atoms with van der Waals surface area (Å²) >= 11 is 0. The summed E-state index contributed by atoms with van der Waals surface area (Å²) in [5.74, 6) is 0.625. The van der Waals surface area contributed by atoms with E-state index in [2.05, 4.69) is 51.0 Å². The van der Waals surface area contributed by atoms with E-state index in [0.29, 0.717) is 5.92 Å². The van der Waals surface area contributed by atoms with Crippen molar-refractivity contribution in [2.24, 2.45) is 0 Å². The number of rotatable bonds is 3. The largest absolute Gasteiger partial charge is 0.495 e. The molecule has 0 atom stereocenters. The van der Waals surface area contributed by atoms with Crippen molar-refractivity contribution in [1.82, 2.24) is 9.78 Å². The van der Waals surface area contributed by atoms with Crippen LogP contribution in [-0.2, 0) is 9.31 Å². The van der Waals surface area contributed by atoms with E-state index in [9.17, 15) is 0 Å².